The predicted molar refractivity (Wildman–Crippen MR) is 75.9 cm³/mol. The molecule has 1 rings (SSSR count). The van der Waals surface area contributed by atoms with Gasteiger partial charge >= 0.3 is 0 Å². The van der Waals surface area contributed by atoms with E-state index in [0.717, 1.165) is 26.0 Å². The van der Waals surface area contributed by atoms with E-state index >= 15 is 0 Å². The standard InChI is InChI=1S/C15H31NO2/c1-7-16-14(15(4,5)6)10-17-13-8-11(2)18-12(3)9-13/h11-14,16H,7-10H2,1-6H3. The molecule has 3 nitrogen and oxygen atoms in total. The fourth-order valence-electron chi connectivity index (χ4n) is 2.57. The second-order valence-corrected chi connectivity index (χ2v) is 6.66. The molecule has 1 saturated heterocycles. The van der Waals surface area contributed by atoms with Gasteiger partial charge in [0.1, 0.15) is 0 Å². The highest BCUT2D eigenvalue weighted by Crippen LogP contribution is 2.24. The van der Waals surface area contributed by atoms with Crippen LogP contribution in [0, 0.1) is 5.41 Å². The topological polar surface area (TPSA) is 30.5 Å². The van der Waals surface area contributed by atoms with Crippen LogP contribution in [-0.2, 0) is 9.47 Å². The normalized spacial score (nSPS) is 31.3. The van der Waals surface area contributed by atoms with Crippen LogP contribution >= 0.6 is 0 Å². The van der Waals surface area contributed by atoms with Gasteiger partial charge < -0.3 is 14.8 Å². The number of rotatable bonds is 5. The second kappa shape index (κ2) is 6.88. The van der Waals surface area contributed by atoms with Gasteiger partial charge in [0.25, 0.3) is 0 Å². The largest absolute Gasteiger partial charge is 0.376 e. The maximum Gasteiger partial charge on any atom is 0.0628 e. The lowest BCUT2D eigenvalue weighted by Gasteiger charge is -2.36. The SMILES string of the molecule is CCNC(COC1CC(C)OC(C)C1)C(C)(C)C. The zero-order chi connectivity index (χ0) is 13.8. The van der Waals surface area contributed by atoms with E-state index in [2.05, 4.69) is 46.9 Å². The van der Waals surface area contributed by atoms with Gasteiger partial charge in [0.2, 0.25) is 0 Å². The van der Waals surface area contributed by atoms with Crippen LogP contribution in [-0.4, -0.2) is 37.5 Å². The van der Waals surface area contributed by atoms with Gasteiger partial charge in [0, 0.05) is 6.04 Å². The zero-order valence-electron chi connectivity index (χ0n) is 13.0. The molecule has 1 aliphatic rings. The molecule has 1 heterocycles. The number of ether oxygens (including phenoxy) is 2. The summed E-state index contributed by atoms with van der Waals surface area (Å²) in [7, 11) is 0. The third-order valence-electron chi connectivity index (χ3n) is 3.65. The first-order chi connectivity index (χ1) is 8.32. The van der Waals surface area contributed by atoms with Crippen molar-refractivity contribution in [2.45, 2.75) is 78.7 Å². The van der Waals surface area contributed by atoms with E-state index in [4.69, 9.17) is 9.47 Å². The fraction of sp³-hybridized carbons (Fsp3) is 1.00. The molecule has 0 aromatic rings. The van der Waals surface area contributed by atoms with Gasteiger partial charge in [-0.2, -0.15) is 0 Å². The van der Waals surface area contributed by atoms with Crippen molar-refractivity contribution >= 4 is 0 Å². The van der Waals surface area contributed by atoms with Crippen LogP contribution in [0.4, 0.5) is 0 Å². The molecule has 1 N–H and O–H groups in total. The Bertz CT molecular complexity index is 227. The maximum atomic E-state index is 6.12. The highest BCUT2D eigenvalue weighted by Gasteiger charge is 2.28. The van der Waals surface area contributed by atoms with Crippen LogP contribution in [0.1, 0.15) is 54.4 Å². The van der Waals surface area contributed by atoms with Gasteiger partial charge in [-0.05, 0) is 38.6 Å². The van der Waals surface area contributed by atoms with Crippen molar-refractivity contribution in [3.8, 4) is 0 Å². The molecule has 3 unspecified atom stereocenters. The first-order valence-electron chi connectivity index (χ1n) is 7.33. The predicted octanol–water partition coefficient (Wildman–Crippen LogP) is 2.98. The van der Waals surface area contributed by atoms with Crippen LogP contribution in [0.25, 0.3) is 0 Å². The highest BCUT2D eigenvalue weighted by atomic mass is 16.5. The second-order valence-electron chi connectivity index (χ2n) is 6.66. The summed E-state index contributed by atoms with van der Waals surface area (Å²) in [5.74, 6) is 0. The maximum absolute atomic E-state index is 6.12. The van der Waals surface area contributed by atoms with Crippen molar-refractivity contribution in [2.24, 2.45) is 5.41 Å². The summed E-state index contributed by atoms with van der Waals surface area (Å²) in [6.07, 6.45) is 3.05. The van der Waals surface area contributed by atoms with Gasteiger partial charge in [-0.1, -0.05) is 27.7 Å². The molecule has 0 radical (unpaired) electrons. The Morgan fingerprint density at radius 2 is 1.78 bits per heavy atom. The van der Waals surface area contributed by atoms with Crippen molar-refractivity contribution in [3.05, 3.63) is 0 Å². The van der Waals surface area contributed by atoms with Gasteiger partial charge in [-0.3, -0.25) is 0 Å². The molecular formula is C15H31NO2. The lowest BCUT2D eigenvalue weighted by Crippen LogP contribution is -2.45. The van der Waals surface area contributed by atoms with E-state index in [0.29, 0.717) is 24.4 Å². The lowest BCUT2D eigenvalue weighted by molar-refractivity contribution is -0.108. The number of hydrogen-bond acceptors (Lipinski definition) is 3. The lowest BCUT2D eigenvalue weighted by atomic mass is 9.87. The smallest absolute Gasteiger partial charge is 0.0628 e. The molecule has 3 atom stereocenters. The molecule has 0 aliphatic carbocycles. The Balaban J connectivity index is 2.41. The van der Waals surface area contributed by atoms with Gasteiger partial charge in [-0.15, -0.1) is 0 Å². The fourth-order valence-corrected chi connectivity index (χ4v) is 2.57. The molecular weight excluding hydrogens is 226 g/mol. The van der Waals surface area contributed by atoms with Crippen molar-refractivity contribution in [1.82, 2.24) is 5.32 Å². The van der Waals surface area contributed by atoms with Crippen LogP contribution in [0.3, 0.4) is 0 Å². The number of nitrogens with one attached hydrogen (secondary N) is 1. The third-order valence-corrected chi connectivity index (χ3v) is 3.65. The Hall–Kier alpha value is -0.120. The van der Waals surface area contributed by atoms with E-state index in [9.17, 15) is 0 Å². The molecule has 1 fully saturated rings. The average Bonchev–Trinajstić information content (AvgIpc) is 2.21. The Morgan fingerprint density at radius 3 is 2.22 bits per heavy atom. The van der Waals surface area contributed by atoms with Crippen molar-refractivity contribution in [3.63, 3.8) is 0 Å². The monoisotopic (exact) mass is 257 g/mol. The first kappa shape index (κ1) is 15.9. The van der Waals surface area contributed by atoms with Crippen molar-refractivity contribution in [1.29, 1.82) is 0 Å². The van der Waals surface area contributed by atoms with E-state index < -0.39 is 0 Å². The summed E-state index contributed by atoms with van der Waals surface area (Å²) < 4.78 is 11.9. The minimum absolute atomic E-state index is 0.235. The number of hydrogen-bond donors (Lipinski definition) is 1. The van der Waals surface area contributed by atoms with E-state index in [1.807, 2.05) is 0 Å². The minimum atomic E-state index is 0.235. The Kier molecular flexibility index (Phi) is 6.09. The highest BCUT2D eigenvalue weighted by molar-refractivity contribution is 4.81. The van der Waals surface area contributed by atoms with Gasteiger partial charge in [0.05, 0.1) is 24.9 Å². The van der Waals surface area contributed by atoms with Crippen LogP contribution in [0.2, 0.25) is 0 Å². The molecule has 108 valence electrons. The quantitative estimate of drug-likeness (QED) is 0.821. The summed E-state index contributed by atoms with van der Waals surface area (Å²) in [6, 6.07) is 0.413. The molecule has 0 spiro atoms. The Morgan fingerprint density at radius 1 is 1.22 bits per heavy atom. The van der Waals surface area contributed by atoms with Crippen molar-refractivity contribution < 1.29 is 9.47 Å². The van der Waals surface area contributed by atoms with Crippen LogP contribution in [0.15, 0.2) is 0 Å². The summed E-state index contributed by atoms with van der Waals surface area (Å²) in [4.78, 5) is 0. The van der Waals surface area contributed by atoms with Gasteiger partial charge in [-0.25, -0.2) is 0 Å². The zero-order valence-corrected chi connectivity index (χ0v) is 13.0. The van der Waals surface area contributed by atoms with E-state index in [-0.39, 0.29) is 5.41 Å². The molecule has 18 heavy (non-hydrogen) atoms. The van der Waals surface area contributed by atoms with E-state index in [1.54, 1.807) is 0 Å². The number of likely N-dealkylation sites (N-methyl/N-ethyl adjacent to an activating group) is 1. The van der Waals surface area contributed by atoms with Crippen LogP contribution < -0.4 is 5.32 Å². The Labute approximate surface area is 113 Å². The molecule has 0 saturated carbocycles. The summed E-state index contributed by atoms with van der Waals surface area (Å²) in [6.45, 7) is 15.0. The van der Waals surface area contributed by atoms with Gasteiger partial charge in [0.15, 0.2) is 0 Å². The van der Waals surface area contributed by atoms with Crippen molar-refractivity contribution in [2.75, 3.05) is 13.2 Å². The van der Waals surface area contributed by atoms with Crippen LogP contribution in [0.5, 0.6) is 0 Å². The molecule has 0 aromatic heterocycles. The van der Waals surface area contributed by atoms with E-state index in [1.165, 1.54) is 0 Å². The third kappa shape index (κ3) is 5.25. The molecule has 0 bridgehead atoms. The summed E-state index contributed by atoms with van der Waals surface area (Å²) >= 11 is 0. The summed E-state index contributed by atoms with van der Waals surface area (Å²) in [5, 5.41) is 3.53. The minimum Gasteiger partial charge on any atom is -0.376 e. The molecule has 3 heteroatoms. The average molecular weight is 257 g/mol. The first-order valence-corrected chi connectivity index (χ1v) is 7.33. The molecule has 0 amide bonds. The molecule has 1 aliphatic heterocycles. The summed E-state index contributed by atoms with van der Waals surface area (Å²) in [5.41, 5.74) is 0.235. The molecule has 0 aromatic carbocycles.